The normalized spacial score (nSPS) is 29.7. The highest BCUT2D eigenvalue weighted by molar-refractivity contribution is 5.84. The van der Waals surface area contributed by atoms with Crippen LogP contribution in [-0.4, -0.2) is 30.1 Å². The average molecular weight is 165 g/mol. The first-order chi connectivity index (χ1) is 5.09. The molecule has 1 atom stereocenters. The molecule has 1 heterocycles. The van der Waals surface area contributed by atoms with Gasteiger partial charge in [0, 0.05) is 6.54 Å². The summed E-state index contributed by atoms with van der Waals surface area (Å²) in [6.45, 7) is -0.417. The minimum atomic E-state index is -3.40. The number of aliphatic hydroxyl groups is 1. The van der Waals surface area contributed by atoms with Crippen LogP contribution in [0.25, 0.3) is 0 Å². The maximum atomic E-state index is 12.7. The molecule has 3 nitrogen and oxygen atoms in total. The number of carbonyl (C=O) groups is 1. The molecule has 2 N–H and O–H groups in total. The van der Waals surface area contributed by atoms with Gasteiger partial charge in [-0.3, -0.25) is 4.79 Å². The fraction of sp³-hybridized carbons (Fsp3) is 0.833. The van der Waals surface area contributed by atoms with Crippen molar-refractivity contribution in [1.29, 1.82) is 0 Å². The highest BCUT2D eigenvalue weighted by Gasteiger charge is 2.48. The molecule has 1 rings (SSSR count). The first kappa shape index (κ1) is 8.39. The molecule has 0 unspecified atom stereocenters. The summed E-state index contributed by atoms with van der Waals surface area (Å²) in [5.41, 5.74) is 0. The molecule has 0 radical (unpaired) electrons. The molecule has 5 heteroatoms. The summed E-state index contributed by atoms with van der Waals surface area (Å²) in [6, 6.07) is 0. The second-order valence-electron chi connectivity index (χ2n) is 2.55. The van der Waals surface area contributed by atoms with Crippen LogP contribution in [0.2, 0.25) is 0 Å². The first-order valence-electron chi connectivity index (χ1n) is 3.36. The predicted octanol–water partition coefficient (Wildman–Crippen LogP) is -0.250. The van der Waals surface area contributed by atoms with Crippen molar-refractivity contribution >= 4 is 5.91 Å². The van der Waals surface area contributed by atoms with Gasteiger partial charge in [-0.1, -0.05) is 0 Å². The smallest absolute Gasteiger partial charge is 0.329 e. The van der Waals surface area contributed by atoms with Crippen molar-refractivity contribution in [2.75, 3.05) is 13.2 Å². The van der Waals surface area contributed by atoms with Gasteiger partial charge < -0.3 is 10.4 Å². The maximum Gasteiger partial charge on any atom is 0.329 e. The van der Waals surface area contributed by atoms with Crippen molar-refractivity contribution in [1.82, 2.24) is 5.32 Å². The topological polar surface area (TPSA) is 49.3 Å². The van der Waals surface area contributed by atoms with Crippen LogP contribution in [-0.2, 0) is 4.79 Å². The Morgan fingerprint density at radius 1 is 1.73 bits per heavy atom. The van der Waals surface area contributed by atoms with Gasteiger partial charge in [-0.25, -0.2) is 0 Å². The summed E-state index contributed by atoms with van der Waals surface area (Å²) in [4.78, 5) is 10.5. The number of amides is 1. The number of rotatable bonds is 1. The Balaban J connectivity index is 2.72. The Labute approximate surface area is 62.4 Å². The predicted molar refractivity (Wildman–Crippen MR) is 33.1 cm³/mol. The Morgan fingerprint density at radius 2 is 2.36 bits per heavy atom. The number of alkyl halides is 2. The summed E-state index contributed by atoms with van der Waals surface area (Å²) < 4.78 is 25.4. The van der Waals surface area contributed by atoms with Crippen molar-refractivity contribution in [3.63, 3.8) is 0 Å². The minimum Gasteiger partial charge on any atom is -0.396 e. The van der Waals surface area contributed by atoms with Gasteiger partial charge in [0.1, 0.15) is 0 Å². The van der Waals surface area contributed by atoms with E-state index in [1.807, 2.05) is 5.32 Å². The van der Waals surface area contributed by atoms with Crippen molar-refractivity contribution in [3.05, 3.63) is 0 Å². The zero-order valence-corrected chi connectivity index (χ0v) is 5.81. The third kappa shape index (κ3) is 1.33. The Kier molecular flexibility index (Phi) is 2.08. The molecule has 0 aromatic heterocycles. The van der Waals surface area contributed by atoms with Crippen molar-refractivity contribution < 1.29 is 18.7 Å². The lowest BCUT2D eigenvalue weighted by Gasteiger charge is -2.28. The van der Waals surface area contributed by atoms with E-state index >= 15 is 0 Å². The van der Waals surface area contributed by atoms with Gasteiger partial charge >= 0.3 is 5.92 Å². The molecule has 0 bridgehead atoms. The second kappa shape index (κ2) is 2.73. The molecular weight excluding hydrogens is 156 g/mol. The second-order valence-corrected chi connectivity index (χ2v) is 2.55. The van der Waals surface area contributed by atoms with E-state index in [1.54, 1.807) is 0 Å². The molecule has 0 spiro atoms. The van der Waals surface area contributed by atoms with Gasteiger partial charge in [0.05, 0.1) is 12.5 Å². The van der Waals surface area contributed by atoms with E-state index in [0.717, 1.165) is 0 Å². The Hall–Kier alpha value is -0.710. The summed E-state index contributed by atoms with van der Waals surface area (Å²) in [5, 5.41) is 10.5. The molecule has 1 aliphatic rings. The third-order valence-electron chi connectivity index (χ3n) is 1.81. The number of carbonyl (C=O) groups excluding carboxylic acids is 1. The molecule has 0 aliphatic carbocycles. The summed E-state index contributed by atoms with van der Waals surface area (Å²) in [6.07, 6.45) is 0.134. The highest BCUT2D eigenvalue weighted by Crippen LogP contribution is 2.29. The van der Waals surface area contributed by atoms with Gasteiger partial charge in [-0.2, -0.15) is 8.78 Å². The zero-order valence-electron chi connectivity index (χ0n) is 5.81. The lowest BCUT2D eigenvalue weighted by molar-refractivity contribution is -0.162. The molecule has 1 aliphatic heterocycles. The fourth-order valence-corrected chi connectivity index (χ4v) is 1.05. The van der Waals surface area contributed by atoms with Crippen molar-refractivity contribution in [3.8, 4) is 0 Å². The first-order valence-corrected chi connectivity index (χ1v) is 3.36. The van der Waals surface area contributed by atoms with Crippen LogP contribution in [0.3, 0.4) is 0 Å². The molecule has 1 amide bonds. The van der Waals surface area contributed by atoms with E-state index in [1.165, 1.54) is 0 Å². The molecule has 0 saturated carbocycles. The molecule has 11 heavy (non-hydrogen) atoms. The average Bonchev–Trinajstić information content (AvgIpc) is 1.95. The third-order valence-corrected chi connectivity index (χ3v) is 1.81. The van der Waals surface area contributed by atoms with Gasteiger partial charge in [-0.05, 0) is 6.42 Å². The molecule has 0 aromatic rings. The number of hydrogen-bond acceptors (Lipinski definition) is 2. The van der Waals surface area contributed by atoms with Gasteiger partial charge in [0.15, 0.2) is 0 Å². The van der Waals surface area contributed by atoms with Crippen LogP contribution in [0.15, 0.2) is 0 Å². The summed E-state index contributed by atoms with van der Waals surface area (Å²) in [5.74, 6) is -5.88. The number of hydrogen-bond donors (Lipinski definition) is 2. The van der Waals surface area contributed by atoms with E-state index in [9.17, 15) is 13.6 Å². The van der Waals surface area contributed by atoms with E-state index in [4.69, 9.17) is 5.11 Å². The number of halogens is 2. The van der Waals surface area contributed by atoms with Crippen LogP contribution in [0.1, 0.15) is 6.42 Å². The lowest BCUT2D eigenvalue weighted by atomic mass is 9.94. The van der Waals surface area contributed by atoms with Crippen LogP contribution < -0.4 is 5.32 Å². The number of aliphatic hydroxyl groups excluding tert-OH is 1. The molecule has 64 valence electrons. The standard InChI is InChI=1S/C6H9F2NO2/c7-6(8)4(3-10)1-2-9-5(6)11/h4,10H,1-3H2,(H,9,11)/t4-/m0/s1. The summed E-state index contributed by atoms with van der Waals surface area (Å²) >= 11 is 0. The minimum absolute atomic E-state index is 0.134. The fourth-order valence-electron chi connectivity index (χ4n) is 1.05. The van der Waals surface area contributed by atoms with Gasteiger partial charge in [0.2, 0.25) is 0 Å². The monoisotopic (exact) mass is 165 g/mol. The van der Waals surface area contributed by atoms with E-state index in [0.29, 0.717) is 0 Å². The Morgan fingerprint density at radius 3 is 2.82 bits per heavy atom. The van der Waals surface area contributed by atoms with E-state index < -0.39 is 24.4 Å². The van der Waals surface area contributed by atoms with Gasteiger partial charge in [0.25, 0.3) is 5.91 Å². The largest absolute Gasteiger partial charge is 0.396 e. The zero-order chi connectivity index (χ0) is 8.48. The van der Waals surface area contributed by atoms with E-state index in [2.05, 4.69) is 0 Å². The SMILES string of the molecule is O=C1NCC[C@@H](CO)C1(F)F. The molecular formula is C6H9F2NO2. The highest BCUT2D eigenvalue weighted by atomic mass is 19.3. The quantitative estimate of drug-likeness (QED) is 0.563. The maximum absolute atomic E-state index is 12.7. The lowest BCUT2D eigenvalue weighted by Crippen LogP contribution is -2.52. The number of piperidine rings is 1. The number of nitrogens with one attached hydrogen (secondary N) is 1. The van der Waals surface area contributed by atoms with Crippen LogP contribution in [0.4, 0.5) is 8.78 Å². The summed E-state index contributed by atoms with van der Waals surface area (Å²) in [7, 11) is 0. The molecule has 1 saturated heterocycles. The molecule has 1 fully saturated rings. The van der Waals surface area contributed by atoms with E-state index in [-0.39, 0.29) is 13.0 Å². The van der Waals surface area contributed by atoms with Crippen LogP contribution in [0.5, 0.6) is 0 Å². The van der Waals surface area contributed by atoms with Crippen LogP contribution >= 0.6 is 0 Å². The van der Waals surface area contributed by atoms with Crippen molar-refractivity contribution in [2.45, 2.75) is 12.3 Å². The Bertz CT molecular complexity index is 172. The molecule has 0 aromatic carbocycles. The van der Waals surface area contributed by atoms with Gasteiger partial charge in [-0.15, -0.1) is 0 Å². The van der Waals surface area contributed by atoms with Crippen molar-refractivity contribution in [2.24, 2.45) is 5.92 Å². The van der Waals surface area contributed by atoms with Crippen LogP contribution in [0, 0.1) is 5.92 Å².